The maximum atomic E-state index is 12.4. The minimum absolute atomic E-state index is 0.286. The van der Waals surface area contributed by atoms with Crippen LogP contribution in [-0.4, -0.2) is 68.9 Å². The Balaban J connectivity index is 0.000000370. The summed E-state index contributed by atoms with van der Waals surface area (Å²) in [5, 5.41) is 11.6. The van der Waals surface area contributed by atoms with Gasteiger partial charge in [0.05, 0.1) is 18.3 Å². The van der Waals surface area contributed by atoms with E-state index in [1.165, 1.54) is 31.6 Å². The van der Waals surface area contributed by atoms with E-state index >= 15 is 0 Å². The standard InChI is InChI=1S/C17H28N4O.C2HF3O2/c1-14(2)11-17(22)20-12-15-5-7-18-21(15)16(13-20)6-10-19-8-3-4-9-19;3-2(4,5)1(6)7/h5,7,14,16H,3-4,6,8-13H2,1-2H3;(H,6,7). The van der Waals surface area contributed by atoms with Crippen molar-refractivity contribution in [3.8, 4) is 0 Å². The molecule has 0 aliphatic carbocycles. The average Bonchev–Trinajstić information content (AvgIpc) is 3.30. The van der Waals surface area contributed by atoms with Gasteiger partial charge in [-0.1, -0.05) is 13.8 Å². The molecule has 3 rings (SSSR count). The van der Waals surface area contributed by atoms with Gasteiger partial charge in [-0.25, -0.2) is 4.79 Å². The first kappa shape index (κ1) is 23.2. The Morgan fingerprint density at radius 1 is 1.28 bits per heavy atom. The Morgan fingerprint density at radius 3 is 2.45 bits per heavy atom. The summed E-state index contributed by atoms with van der Waals surface area (Å²) < 4.78 is 33.9. The SMILES string of the molecule is CC(C)CC(=O)N1Cc2ccnn2C(CCN2CCCC2)C1.O=C(O)C(F)(F)F. The second-order valence-electron chi connectivity index (χ2n) is 7.93. The van der Waals surface area contributed by atoms with E-state index in [2.05, 4.69) is 34.6 Å². The molecular formula is C19H29F3N4O3. The molecule has 1 amide bonds. The zero-order valence-electron chi connectivity index (χ0n) is 16.9. The van der Waals surface area contributed by atoms with Crippen molar-refractivity contribution in [2.45, 2.75) is 58.3 Å². The van der Waals surface area contributed by atoms with E-state index < -0.39 is 12.1 Å². The Hall–Kier alpha value is -2.10. The first-order valence-electron chi connectivity index (χ1n) is 9.90. The minimum atomic E-state index is -5.08. The number of carbonyl (C=O) groups excluding carboxylic acids is 1. The topological polar surface area (TPSA) is 78.7 Å². The number of aromatic nitrogens is 2. The van der Waals surface area contributed by atoms with Gasteiger partial charge < -0.3 is 14.9 Å². The molecule has 1 aromatic rings. The zero-order valence-corrected chi connectivity index (χ0v) is 16.9. The maximum Gasteiger partial charge on any atom is 0.490 e. The molecule has 7 nitrogen and oxygen atoms in total. The predicted molar refractivity (Wildman–Crippen MR) is 100 cm³/mol. The van der Waals surface area contributed by atoms with E-state index in [0.29, 0.717) is 24.9 Å². The Labute approximate surface area is 168 Å². The van der Waals surface area contributed by atoms with E-state index in [1.54, 1.807) is 0 Å². The number of aliphatic carboxylic acids is 1. The molecule has 29 heavy (non-hydrogen) atoms. The van der Waals surface area contributed by atoms with Crippen LogP contribution in [0.1, 0.15) is 51.3 Å². The Kier molecular flexibility index (Phi) is 8.06. The lowest BCUT2D eigenvalue weighted by atomic mass is 10.1. The summed E-state index contributed by atoms with van der Waals surface area (Å²) in [7, 11) is 0. The van der Waals surface area contributed by atoms with Crippen LogP contribution in [0.5, 0.6) is 0 Å². The number of nitrogens with zero attached hydrogens (tertiary/aromatic N) is 4. The highest BCUT2D eigenvalue weighted by Crippen LogP contribution is 2.25. The van der Waals surface area contributed by atoms with Gasteiger partial charge in [-0.2, -0.15) is 18.3 Å². The van der Waals surface area contributed by atoms with Crippen LogP contribution in [-0.2, 0) is 16.1 Å². The molecule has 2 aliphatic heterocycles. The molecule has 3 heterocycles. The van der Waals surface area contributed by atoms with Crippen LogP contribution in [0, 0.1) is 5.92 Å². The minimum Gasteiger partial charge on any atom is -0.475 e. The smallest absolute Gasteiger partial charge is 0.475 e. The number of fused-ring (bicyclic) bond motifs is 1. The molecule has 1 saturated heterocycles. The fourth-order valence-electron chi connectivity index (χ4n) is 3.61. The highest BCUT2D eigenvalue weighted by Gasteiger charge is 2.38. The lowest BCUT2D eigenvalue weighted by Gasteiger charge is -2.35. The third kappa shape index (κ3) is 7.02. The van der Waals surface area contributed by atoms with E-state index in [-0.39, 0.29) is 5.91 Å². The summed E-state index contributed by atoms with van der Waals surface area (Å²) >= 11 is 0. The molecule has 164 valence electrons. The van der Waals surface area contributed by atoms with E-state index in [9.17, 15) is 18.0 Å². The largest absolute Gasteiger partial charge is 0.490 e. The molecule has 1 aromatic heterocycles. The number of amides is 1. The molecule has 0 bridgehead atoms. The lowest BCUT2D eigenvalue weighted by Crippen LogP contribution is -2.42. The van der Waals surface area contributed by atoms with Gasteiger partial charge in [0, 0.05) is 25.7 Å². The number of rotatable bonds is 5. The summed E-state index contributed by atoms with van der Waals surface area (Å²) in [5.41, 5.74) is 1.18. The first-order valence-corrected chi connectivity index (χ1v) is 9.90. The fraction of sp³-hybridized carbons (Fsp3) is 0.737. The Bertz CT molecular complexity index is 684. The lowest BCUT2D eigenvalue weighted by molar-refractivity contribution is -0.192. The highest BCUT2D eigenvalue weighted by atomic mass is 19.4. The van der Waals surface area contributed by atoms with Crippen LogP contribution in [0.3, 0.4) is 0 Å². The zero-order chi connectivity index (χ0) is 21.6. The number of hydrogen-bond donors (Lipinski definition) is 1. The highest BCUT2D eigenvalue weighted by molar-refractivity contribution is 5.76. The predicted octanol–water partition coefficient (Wildman–Crippen LogP) is 2.93. The first-order chi connectivity index (χ1) is 13.6. The second kappa shape index (κ2) is 10.1. The van der Waals surface area contributed by atoms with Crippen LogP contribution < -0.4 is 0 Å². The van der Waals surface area contributed by atoms with Crippen molar-refractivity contribution in [2.75, 3.05) is 26.2 Å². The average molecular weight is 418 g/mol. The van der Waals surface area contributed by atoms with Gasteiger partial charge in [-0.05, 0) is 44.3 Å². The molecule has 2 aliphatic rings. The van der Waals surface area contributed by atoms with Gasteiger partial charge in [0.2, 0.25) is 5.91 Å². The van der Waals surface area contributed by atoms with Gasteiger partial charge in [-0.3, -0.25) is 9.48 Å². The van der Waals surface area contributed by atoms with Crippen molar-refractivity contribution < 1.29 is 27.9 Å². The molecule has 1 fully saturated rings. The molecule has 0 aromatic carbocycles. The maximum absolute atomic E-state index is 12.4. The molecule has 0 saturated carbocycles. The van der Waals surface area contributed by atoms with Gasteiger partial charge in [0.25, 0.3) is 0 Å². The molecule has 10 heteroatoms. The van der Waals surface area contributed by atoms with Crippen molar-refractivity contribution in [3.05, 3.63) is 18.0 Å². The van der Waals surface area contributed by atoms with Crippen molar-refractivity contribution in [1.29, 1.82) is 0 Å². The van der Waals surface area contributed by atoms with Crippen molar-refractivity contribution in [1.82, 2.24) is 19.6 Å². The fourth-order valence-corrected chi connectivity index (χ4v) is 3.61. The summed E-state index contributed by atoms with van der Waals surface area (Å²) in [6, 6.07) is 2.38. The van der Waals surface area contributed by atoms with Gasteiger partial charge >= 0.3 is 12.1 Å². The van der Waals surface area contributed by atoms with Crippen LogP contribution in [0.2, 0.25) is 0 Å². The number of likely N-dealkylation sites (tertiary alicyclic amines) is 1. The van der Waals surface area contributed by atoms with Gasteiger partial charge in [0.1, 0.15) is 0 Å². The quantitative estimate of drug-likeness (QED) is 0.796. The number of carboxylic acids is 1. The normalized spacial score (nSPS) is 19.7. The Morgan fingerprint density at radius 2 is 1.90 bits per heavy atom. The third-order valence-corrected chi connectivity index (χ3v) is 5.04. The monoisotopic (exact) mass is 418 g/mol. The van der Waals surface area contributed by atoms with Crippen LogP contribution in [0.4, 0.5) is 13.2 Å². The van der Waals surface area contributed by atoms with Crippen molar-refractivity contribution >= 4 is 11.9 Å². The number of hydrogen-bond acceptors (Lipinski definition) is 4. The molecule has 1 atom stereocenters. The number of carbonyl (C=O) groups is 2. The second-order valence-corrected chi connectivity index (χ2v) is 7.93. The van der Waals surface area contributed by atoms with E-state index in [1.807, 2.05) is 11.1 Å². The van der Waals surface area contributed by atoms with Gasteiger partial charge in [0.15, 0.2) is 0 Å². The summed E-state index contributed by atoms with van der Waals surface area (Å²) in [6.45, 7) is 9.33. The van der Waals surface area contributed by atoms with Crippen LogP contribution in [0.15, 0.2) is 12.3 Å². The van der Waals surface area contributed by atoms with Crippen LogP contribution >= 0.6 is 0 Å². The number of halogens is 3. The van der Waals surface area contributed by atoms with E-state index in [0.717, 1.165) is 19.5 Å². The van der Waals surface area contributed by atoms with Crippen molar-refractivity contribution in [2.24, 2.45) is 5.92 Å². The summed E-state index contributed by atoms with van der Waals surface area (Å²) in [4.78, 5) is 25.9. The molecule has 1 N–H and O–H groups in total. The number of alkyl halides is 3. The third-order valence-electron chi connectivity index (χ3n) is 5.04. The molecule has 1 unspecified atom stereocenters. The van der Waals surface area contributed by atoms with E-state index in [4.69, 9.17) is 9.90 Å². The molecule has 0 radical (unpaired) electrons. The van der Waals surface area contributed by atoms with Crippen LogP contribution in [0.25, 0.3) is 0 Å². The number of carboxylic acid groups (broad SMARTS) is 1. The molecule has 0 spiro atoms. The summed E-state index contributed by atoms with van der Waals surface area (Å²) in [5.74, 6) is -2.05. The van der Waals surface area contributed by atoms with Crippen molar-refractivity contribution in [3.63, 3.8) is 0 Å². The molecular weight excluding hydrogens is 389 g/mol. The summed E-state index contributed by atoms with van der Waals surface area (Å²) in [6.07, 6.45) is 1.18. The van der Waals surface area contributed by atoms with Gasteiger partial charge in [-0.15, -0.1) is 0 Å².